The number of hydrogen-bond donors (Lipinski definition) is 1. The van der Waals surface area contributed by atoms with Gasteiger partial charge < -0.3 is 9.67 Å². The van der Waals surface area contributed by atoms with E-state index in [1.807, 2.05) is 24.6 Å². The van der Waals surface area contributed by atoms with Crippen LogP contribution in [0, 0.1) is 12.7 Å². The molecule has 4 nitrogen and oxygen atoms in total. The largest absolute Gasteiger partial charge is 0.384 e. The third-order valence-electron chi connectivity index (χ3n) is 4.15. The van der Waals surface area contributed by atoms with Crippen LogP contribution in [0.25, 0.3) is 22.6 Å². The zero-order valence-corrected chi connectivity index (χ0v) is 14.2. The van der Waals surface area contributed by atoms with Crippen LogP contribution < -0.4 is 0 Å². The topological polar surface area (TPSA) is 50.9 Å². The van der Waals surface area contributed by atoms with E-state index in [-0.39, 0.29) is 5.82 Å². The molecule has 0 aliphatic rings. The maximum atomic E-state index is 13.1. The molecule has 3 rings (SSSR count). The summed E-state index contributed by atoms with van der Waals surface area (Å²) < 4.78 is 15.1. The zero-order chi connectivity index (χ0) is 17.5. The summed E-state index contributed by atoms with van der Waals surface area (Å²) in [6, 6.07) is 10.0. The molecule has 0 bridgehead atoms. The molecule has 0 fully saturated rings. The van der Waals surface area contributed by atoms with E-state index >= 15 is 0 Å². The van der Waals surface area contributed by atoms with Crippen LogP contribution in [0.4, 0.5) is 4.39 Å². The number of aromatic nitrogens is 3. The number of imidazole rings is 1. The van der Waals surface area contributed by atoms with Crippen molar-refractivity contribution in [1.82, 2.24) is 14.5 Å². The van der Waals surface area contributed by atoms with Gasteiger partial charge in [-0.1, -0.05) is 0 Å². The first-order valence-corrected chi connectivity index (χ1v) is 7.76. The Kier molecular flexibility index (Phi) is 3.97. The van der Waals surface area contributed by atoms with E-state index in [0.29, 0.717) is 5.69 Å². The molecule has 24 heavy (non-hydrogen) atoms. The molecular formula is C19H20FN3O. The Morgan fingerprint density at radius 2 is 1.67 bits per heavy atom. The van der Waals surface area contributed by atoms with Crippen molar-refractivity contribution in [3.05, 3.63) is 59.8 Å². The lowest BCUT2D eigenvalue weighted by molar-refractivity contribution is 0.0739. The smallest absolute Gasteiger partial charge is 0.140 e. The number of nitrogens with zero attached hydrogens (tertiary/aromatic N) is 3. The molecule has 0 aliphatic carbocycles. The van der Waals surface area contributed by atoms with Gasteiger partial charge in [0.1, 0.15) is 17.2 Å². The van der Waals surface area contributed by atoms with Crippen LogP contribution in [0.2, 0.25) is 0 Å². The molecule has 0 atom stereocenters. The van der Waals surface area contributed by atoms with Crippen LogP contribution in [0.15, 0.2) is 42.6 Å². The number of aliphatic hydroxyl groups is 1. The molecular weight excluding hydrogens is 305 g/mol. The van der Waals surface area contributed by atoms with Crippen molar-refractivity contribution in [3.63, 3.8) is 0 Å². The summed E-state index contributed by atoms with van der Waals surface area (Å²) in [5.74, 6) is 0.505. The van der Waals surface area contributed by atoms with Crippen LogP contribution in [0.1, 0.15) is 25.2 Å². The van der Waals surface area contributed by atoms with E-state index in [1.54, 1.807) is 38.2 Å². The van der Waals surface area contributed by atoms with Crippen molar-refractivity contribution < 1.29 is 9.50 Å². The normalized spacial score (nSPS) is 11.8. The molecule has 2 heterocycles. The van der Waals surface area contributed by atoms with Crippen molar-refractivity contribution in [1.29, 1.82) is 0 Å². The van der Waals surface area contributed by atoms with Crippen molar-refractivity contribution in [3.8, 4) is 22.6 Å². The first-order valence-electron chi connectivity index (χ1n) is 7.76. The van der Waals surface area contributed by atoms with E-state index in [2.05, 4.69) is 4.98 Å². The Morgan fingerprint density at radius 3 is 2.21 bits per heavy atom. The first-order chi connectivity index (χ1) is 11.3. The monoisotopic (exact) mass is 325 g/mol. The fraction of sp³-hybridized carbons (Fsp3) is 0.263. The minimum Gasteiger partial charge on any atom is -0.384 e. The summed E-state index contributed by atoms with van der Waals surface area (Å²) in [4.78, 5) is 9.05. The zero-order valence-electron chi connectivity index (χ0n) is 14.2. The first kappa shape index (κ1) is 16.3. The highest BCUT2D eigenvalue weighted by atomic mass is 19.1. The molecule has 0 saturated heterocycles. The quantitative estimate of drug-likeness (QED) is 0.796. The van der Waals surface area contributed by atoms with E-state index < -0.39 is 5.60 Å². The Labute approximate surface area is 140 Å². The van der Waals surface area contributed by atoms with Crippen molar-refractivity contribution >= 4 is 0 Å². The van der Waals surface area contributed by atoms with Crippen LogP contribution in [-0.2, 0) is 12.6 Å². The van der Waals surface area contributed by atoms with Crippen LogP contribution in [0.3, 0.4) is 0 Å². The lowest BCUT2D eigenvalue weighted by atomic mass is 10.0. The Balaban J connectivity index is 2.03. The van der Waals surface area contributed by atoms with Gasteiger partial charge in [-0.15, -0.1) is 0 Å². The molecule has 0 unspecified atom stereocenters. The second kappa shape index (κ2) is 5.83. The van der Waals surface area contributed by atoms with Crippen molar-refractivity contribution in [2.24, 2.45) is 7.05 Å². The molecule has 1 aromatic carbocycles. The molecule has 1 N–H and O–H groups in total. The lowest BCUT2D eigenvalue weighted by Crippen LogP contribution is -2.17. The van der Waals surface area contributed by atoms with Crippen LogP contribution in [0.5, 0.6) is 0 Å². The number of pyridine rings is 1. The van der Waals surface area contributed by atoms with Gasteiger partial charge in [-0.25, -0.2) is 9.37 Å². The van der Waals surface area contributed by atoms with Gasteiger partial charge in [-0.2, -0.15) is 0 Å². The number of hydrogen-bond acceptors (Lipinski definition) is 3. The van der Waals surface area contributed by atoms with Crippen LogP contribution in [-0.4, -0.2) is 19.6 Å². The van der Waals surface area contributed by atoms with Gasteiger partial charge in [-0.3, -0.25) is 4.98 Å². The molecule has 0 saturated carbocycles. The Morgan fingerprint density at radius 1 is 1.04 bits per heavy atom. The summed E-state index contributed by atoms with van der Waals surface area (Å²) >= 11 is 0. The highest BCUT2D eigenvalue weighted by molar-refractivity contribution is 5.67. The molecule has 0 aliphatic heterocycles. The second-order valence-electron chi connectivity index (χ2n) is 6.43. The molecule has 0 amide bonds. The summed E-state index contributed by atoms with van der Waals surface area (Å²) in [7, 11) is 1.93. The predicted octanol–water partition coefficient (Wildman–Crippen LogP) is 3.82. The van der Waals surface area contributed by atoms with Gasteiger partial charge in [0.15, 0.2) is 0 Å². The summed E-state index contributed by atoms with van der Waals surface area (Å²) in [5, 5.41) is 10.0. The molecule has 2 aromatic heterocycles. The second-order valence-corrected chi connectivity index (χ2v) is 6.43. The summed E-state index contributed by atoms with van der Waals surface area (Å²) in [6.07, 6.45) is 1.72. The minimum atomic E-state index is -0.975. The standard InChI is InChI=1S/C19H20FN3O/c1-12-17(14-7-10-16(21-11-14)19(2,3)24)22-18(23(12)4)13-5-8-15(20)9-6-13/h5-11,24H,1-4H3. The average Bonchev–Trinajstić information content (AvgIpc) is 2.84. The van der Waals surface area contributed by atoms with Gasteiger partial charge in [0.05, 0.1) is 11.4 Å². The average molecular weight is 325 g/mol. The number of benzene rings is 1. The number of rotatable bonds is 3. The molecule has 3 aromatic rings. The predicted molar refractivity (Wildman–Crippen MR) is 91.8 cm³/mol. The SMILES string of the molecule is Cc1c(-c2ccc(C(C)(C)O)nc2)nc(-c2ccc(F)cc2)n1C. The number of halogens is 1. The molecule has 5 heteroatoms. The summed E-state index contributed by atoms with van der Waals surface area (Å²) in [5.41, 5.74) is 3.19. The van der Waals surface area contributed by atoms with Gasteiger partial charge in [0.25, 0.3) is 0 Å². The van der Waals surface area contributed by atoms with E-state index in [4.69, 9.17) is 4.98 Å². The fourth-order valence-corrected chi connectivity index (χ4v) is 2.61. The highest BCUT2D eigenvalue weighted by Gasteiger charge is 2.19. The van der Waals surface area contributed by atoms with Gasteiger partial charge in [0.2, 0.25) is 0 Å². The minimum absolute atomic E-state index is 0.267. The van der Waals surface area contributed by atoms with Crippen molar-refractivity contribution in [2.45, 2.75) is 26.4 Å². The maximum absolute atomic E-state index is 13.1. The Hall–Kier alpha value is -2.53. The maximum Gasteiger partial charge on any atom is 0.140 e. The molecule has 0 spiro atoms. The fourth-order valence-electron chi connectivity index (χ4n) is 2.61. The van der Waals surface area contributed by atoms with E-state index in [9.17, 15) is 9.50 Å². The van der Waals surface area contributed by atoms with Gasteiger partial charge in [0, 0.05) is 30.1 Å². The highest BCUT2D eigenvalue weighted by Crippen LogP contribution is 2.28. The van der Waals surface area contributed by atoms with Gasteiger partial charge in [-0.05, 0) is 57.2 Å². The van der Waals surface area contributed by atoms with Crippen LogP contribution >= 0.6 is 0 Å². The summed E-state index contributed by atoms with van der Waals surface area (Å²) in [6.45, 7) is 5.39. The third-order valence-corrected chi connectivity index (χ3v) is 4.15. The Bertz CT molecular complexity index is 859. The third kappa shape index (κ3) is 2.95. The van der Waals surface area contributed by atoms with E-state index in [1.165, 1.54) is 12.1 Å². The molecule has 0 radical (unpaired) electrons. The van der Waals surface area contributed by atoms with Crippen molar-refractivity contribution in [2.75, 3.05) is 0 Å². The molecule has 124 valence electrons. The van der Waals surface area contributed by atoms with Gasteiger partial charge >= 0.3 is 0 Å². The van der Waals surface area contributed by atoms with E-state index in [0.717, 1.165) is 28.3 Å². The lowest BCUT2D eigenvalue weighted by Gasteiger charge is -2.16.